The molecule has 2 aromatic rings. The van der Waals surface area contributed by atoms with Gasteiger partial charge in [-0.1, -0.05) is 38.1 Å². The van der Waals surface area contributed by atoms with Gasteiger partial charge < -0.3 is 4.90 Å². The van der Waals surface area contributed by atoms with E-state index in [1.54, 1.807) is 30.0 Å². The molecular weight excluding hydrogens is 355 g/mol. The molecule has 7 heteroatoms. The van der Waals surface area contributed by atoms with Gasteiger partial charge in [-0.15, -0.1) is 0 Å². The van der Waals surface area contributed by atoms with E-state index in [-0.39, 0.29) is 23.4 Å². The monoisotopic (exact) mass is 377 g/mol. The van der Waals surface area contributed by atoms with Crippen LogP contribution in [0.15, 0.2) is 36.4 Å². The van der Waals surface area contributed by atoms with E-state index in [2.05, 4.69) is 5.10 Å². The van der Waals surface area contributed by atoms with Gasteiger partial charge in [-0.05, 0) is 30.5 Å². The SMILES string of the molecule is Cc1c(-c2cccc(C(=O)N3CC=C[C@@H]3C(C)C)c2)c(C(F)(F)F)nn1C. The molecule has 1 atom stereocenters. The third-order valence-corrected chi connectivity index (χ3v) is 4.94. The van der Waals surface area contributed by atoms with Gasteiger partial charge in [0, 0.05) is 30.4 Å². The molecule has 2 heterocycles. The number of rotatable bonds is 3. The van der Waals surface area contributed by atoms with E-state index in [0.29, 0.717) is 23.4 Å². The summed E-state index contributed by atoms with van der Waals surface area (Å²) in [5.74, 6) is 0.0731. The average molecular weight is 377 g/mol. The molecule has 4 nitrogen and oxygen atoms in total. The molecule has 0 fully saturated rings. The number of alkyl halides is 3. The molecule has 144 valence electrons. The number of aromatic nitrogens is 2. The summed E-state index contributed by atoms with van der Waals surface area (Å²) in [6.07, 6.45) is -0.623. The lowest BCUT2D eigenvalue weighted by Crippen LogP contribution is -2.39. The first kappa shape index (κ1) is 19.2. The van der Waals surface area contributed by atoms with Crippen LogP contribution in [0.2, 0.25) is 0 Å². The molecule has 0 spiro atoms. The molecule has 1 aromatic heterocycles. The smallest absolute Gasteiger partial charge is 0.328 e. The normalized spacial score (nSPS) is 17.2. The highest BCUT2D eigenvalue weighted by Crippen LogP contribution is 2.38. The van der Waals surface area contributed by atoms with Gasteiger partial charge in [-0.25, -0.2) is 0 Å². The Labute approximate surface area is 156 Å². The maximum Gasteiger partial charge on any atom is 0.435 e. The fraction of sp³-hybridized carbons (Fsp3) is 0.400. The molecule has 1 aliphatic rings. The summed E-state index contributed by atoms with van der Waals surface area (Å²) in [7, 11) is 1.48. The molecule has 0 bridgehead atoms. The van der Waals surface area contributed by atoms with Crippen molar-refractivity contribution in [1.82, 2.24) is 14.7 Å². The summed E-state index contributed by atoms with van der Waals surface area (Å²) in [6, 6.07) is 6.35. The zero-order valence-electron chi connectivity index (χ0n) is 15.7. The first-order valence-corrected chi connectivity index (χ1v) is 8.80. The van der Waals surface area contributed by atoms with E-state index in [1.165, 1.54) is 17.8 Å². The molecule has 1 amide bonds. The molecule has 1 aromatic carbocycles. The minimum atomic E-state index is -4.57. The Kier molecular flexibility index (Phi) is 4.88. The molecule has 3 rings (SSSR count). The summed E-state index contributed by atoms with van der Waals surface area (Å²) in [5, 5.41) is 3.63. The van der Waals surface area contributed by atoms with Crippen molar-refractivity contribution in [3.8, 4) is 11.1 Å². The molecular formula is C20H22F3N3O. The van der Waals surface area contributed by atoms with Gasteiger partial charge in [0.25, 0.3) is 5.91 Å². The van der Waals surface area contributed by atoms with Crippen LogP contribution in [0.3, 0.4) is 0 Å². The van der Waals surface area contributed by atoms with Crippen molar-refractivity contribution in [2.45, 2.75) is 33.0 Å². The highest BCUT2D eigenvalue weighted by Gasteiger charge is 2.38. The largest absolute Gasteiger partial charge is 0.435 e. The maximum absolute atomic E-state index is 13.4. The van der Waals surface area contributed by atoms with Crippen molar-refractivity contribution >= 4 is 5.91 Å². The standard InChI is InChI=1S/C20H22F3N3O/c1-12(2)16-9-6-10-26(16)19(27)15-8-5-7-14(11-15)17-13(3)25(4)24-18(17)20(21,22)23/h5-9,11-12,16H,10H2,1-4H3/t16-/m1/s1. The van der Waals surface area contributed by atoms with Crippen molar-refractivity contribution < 1.29 is 18.0 Å². The van der Waals surface area contributed by atoms with E-state index in [9.17, 15) is 18.0 Å². The zero-order valence-corrected chi connectivity index (χ0v) is 15.7. The predicted molar refractivity (Wildman–Crippen MR) is 97.2 cm³/mol. The van der Waals surface area contributed by atoms with Gasteiger partial charge in [-0.2, -0.15) is 18.3 Å². The van der Waals surface area contributed by atoms with E-state index in [1.807, 2.05) is 26.0 Å². The Balaban J connectivity index is 2.02. The minimum absolute atomic E-state index is 0.00739. The lowest BCUT2D eigenvalue weighted by molar-refractivity contribution is -0.140. The number of carbonyl (C=O) groups excluding carboxylic acids is 1. The highest BCUT2D eigenvalue weighted by atomic mass is 19.4. The summed E-state index contributed by atoms with van der Waals surface area (Å²) in [5.41, 5.74) is 0.190. The van der Waals surface area contributed by atoms with E-state index >= 15 is 0 Å². The molecule has 27 heavy (non-hydrogen) atoms. The Morgan fingerprint density at radius 1 is 1.30 bits per heavy atom. The first-order valence-electron chi connectivity index (χ1n) is 8.80. The van der Waals surface area contributed by atoms with Gasteiger partial charge >= 0.3 is 6.18 Å². The van der Waals surface area contributed by atoms with Gasteiger partial charge in [0.1, 0.15) is 0 Å². The van der Waals surface area contributed by atoms with Crippen molar-refractivity contribution in [2.24, 2.45) is 13.0 Å². The molecule has 0 N–H and O–H groups in total. The fourth-order valence-corrected chi connectivity index (χ4v) is 3.47. The summed E-state index contributed by atoms with van der Waals surface area (Å²) in [6.45, 7) is 6.16. The number of nitrogens with zero attached hydrogens (tertiary/aromatic N) is 3. The molecule has 1 aliphatic heterocycles. The van der Waals surface area contributed by atoms with Crippen LogP contribution >= 0.6 is 0 Å². The number of hydrogen-bond donors (Lipinski definition) is 0. The zero-order chi connectivity index (χ0) is 19.9. The van der Waals surface area contributed by atoms with Gasteiger partial charge in [-0.3, -0.25) is 9.48 Å². The van der Waals surface area contributed by atoms with E-state index in [0.717, 1.165) is 0 Å². The third-order valence-electron chi connectivity index (χ3n) is 4.94. The van der Waals surface area contributed by atoms with Gasteiger partial charge in [0.2, 0.25) is 0 Å². The van der Waals surface area contributed by atoms with Crippen molar-refractivity contribution in [3.63, 3.8) is 0 Å². The van der Waals surface area contributed by atoms with Crippen LogP contribution in [0.5, 0.6) is 0 Å². The minimum Gasteiger partial charge on any atom is -0.328 e. The lowest BCUT2D eigenvalue weighted by atomic mass is 9.99. The van der Waals surface area contributed by atoms with Crippen molar-refractivity contribution in [1.29, 1.82) is 0 Å². The van der Waals surface area contributed by atoms with Crippen molar-refractivity contribution in [2.75, 3.05) is 6.54 Å². The number of benzene rings is 1. The second-order valence-corrected chi connectivity index (χ2v) is 7.13. The Morgan fingerprint density at radius 3 is 2.63 bits per heavy atom. The van der Waals surface area contributed by atoms with Gasteiger partial charge in [0.05, 0.1) is 6.04 Å². The van der Waals surface area contributed by atoms with Crippen LogP contribution in [-0.2, 0) is 13.2 Å². The first-order chi connectivity index (χ1) is 12.6. The van der Waals surface area contributed by atoms with E-state index < -0.39 is 11.9 Å². The third kappa shape index (κ3) is 3.50. The van der Waals surface area contributed by atoms with E-state index in [4.69, 9.17) is 0 Å². The Bertz CT molecular complexity index is 896. The van der Waals surface area contributed by atoms with Crippen LogP contribution in [0.4, 0.5) is 13.2 Å². The Hall–Kier alpha value is -2.57. The number of hydrogen-bond acceptors (Lipinski definition) is 2. The van der Waals surface area contributed by atoms with Crippen LogP contribution < -0.4 is 0 Å². The quantitative estimate of drug-likeness (QED) is 0.741. The topological polar surface area (TPSA) is 38.1 Å². The molecule has 0 saturated heterocycles. The molecule has 0 aliphatic carbocycles. The second-order valence-electron chi connectivity index (χ2n) is 7.13. The summed E-state index contributed by atoms with van der Waals surface area (Å²) in [4.78, 5) is 14.7. The summed E-state index contributed by atoms with van der Waals surface area (Å²) < 4.78 is 41.5. The van der Waals surface area contributed by atoms with Crippen LogP contribution in [0.1, 0.15) is 35.6 Å². The molecule has 0 radical (unpaired) electrons. The number of carbonyl (C=O) groups is 1. The Morgan fingerprint density at radius 2 is 2.00 bits per heavy atom. The van der Waals surface area contributed by atoms with Crippen LogP contribution in [0, 0.1) is 12.8 Å². The summed E-state index contributed by atoms with van der Waals surface area (Å²) >= 11 is 0. The average Bonchev–Trinajstić information content (AvgIpc) is 3.20. The number of aryl methyl sites for hydroxylation is 1. The maximum atomic E-state index is 13.4. The van der Waals surface area contributed by atoms with Crippen LogP contribution in [0.25, 0.3) is 11.1 Å². The van der Waals surface area contributed by atoms with Crippen LogP contribution in [-0.4, -0.2) is 33.2 Å². The fourth-order valence-electron chi connectivity index (χ4n) is 3.47. The molecule has 0 saturated carbocycles. The van der Waals surface area contributed by atoms with Crippen molar-refractivity contribution in [3.05, 3.63) is 53.4 Å². The van der Waals surface area contributed by atoms with Gasteiger partial charge in [0.15, 0.2) is 5.69 Å². The second kappa shape index (κ2) is 6.87. The lowest BCUT2D eigenvalue weighted by Gasteiger charge is -2.27. The molecule has 0 unspecified atom stereocenters. The number of halogens is 3. The number of amides is 1. The highest BCUT2D eigenvalue weighted by molar-refractivity contribution is 5.96. The predicted octanol–water partition coefficient (Wildman–Crippen LogP) is 4.45.